The number of carbonyl (C=O) groups is 2. The van der Waals surface area contributed by atoms with Gasteiger partial charge in [-0.3, -0.25) is 14.5 Å². The van der Waals surface area contributed by atoms with Crippen LogP contribution >= 0.6 is 0 Å². The van der Waals surface area contributed by atoms with Crippen molar-refractivity contribution in [1.29, 1.82) is 0 Å². The average Bonchev–Trinajstić information content (AvgIpc) is 3.38. The monoisotopic (exact) mass is 603 g/mol. The fourth-order valence-electron chi connectivity index (χ4n) is 6.72. The van der Waals surface area contributed by atoms with Gasteiger partial charge in [0.1, 0.15) is 29.7 Å². The van der Waals surface area contributed by atoms with E-state index in [1.807, 2.05) is 32.9 Å². The molecule has 1 aromatic heterocycles. The Kier molecular flexibility index (Phi) is 8.15. The zero-order chi connectivity index (χ0) is 31.0. The van der Waals surface area contributed by atoms with Crippen molar-refractivity contribution in [2.24, 2.45) is 5.41 Å². The summed E-state index contributed by atoms with van der Waals surface area (Å²) in [5.74, 6) is 0.615. The number of rotatable bonds is 11. The van der Waals surface area contributed by atoms with E-state index in [0.717, 1.165) is 43.8 Å². The molecule has 1 saturated carbocycles. The molecule has 1 spiro atoms. The minimum atomic E-state index is -0.785. The Hall–Kier alpha value is -4.25. The lowest BCUT2D eigenvalue weighted by atomic mass is 9.61. The molecular weight excluding hydrogens is 565 g/mol. The van der Waals surface area contributed by atoms with Crippen molar-refractivity contribution < 1.29 is 28.6 Å². The third-order valence-corrected chi connectivity index (χ3v) is 8.89. The highest BCUT2D eigenvalue weighted by Crippen LogP contribution is 2.52. The summed E-state index contributed by atoms with van der Waals surface area (Å²) in [6, 6.07) is 10.0. The summed E-state index contributed by atoms with van der Waals surface area (Å²) in [6.45, 7) is 9.78. The lowest BCUT2D eigenvalue weighted by molar-refractivity contribution is -0.137. The van der Waals surface area contributed by atoms with Crippen LogP contribution in [0.1, 0.15) is 61.5 Å². The number of hydrogen-bond acceptors (Lipinski definition) is 8. The SMILES string of the molecule is CCN(C(=O)c1cc(F)ccc1Oc1cncnc1N1CC2(CC(Oc3cccc4c3CN(CCC(=O)O)C4)C2)C1)C(C)C. The van der Waals surface area contributed by atoms with Crippen molar-refractivity contribution in [2.75, 3.05) is 31.1 Å². The minimum absolute atomic E-state index is 0.0480. The number of carbonyl (C=O) groups excluding carboxylic acids is 1. The molecule has 0 atom stereocenters. The third-order valence-electron chi connectivity index (χ3n) is 8.89. The van der Waals surface area contributed by atoms with Gasteiger partial charge in [-0.15, -0.1) is 0 Å². The highest BCUT2D eigenvalue weighted by atomic mass is 19.1. The molecule has 6 rings (SSSR count). The van der Waals surface area contributed by atoms with E-state index < -0.39 is 11.8 Å². The highest BCUT2D eigenvalue weighted by molar-refractivity contribution is 5.97. The van der Waals surface area contributed by atoms with Crippen molar-refractivity contribution in [3.63, 3.8) is 0 Å². The molecular formula is C33H38FN5O5. The molecule has 1 saturated heterocycles. The first kappa shape index (κ1) is 29.8. The molecule has 1 amide bonds. The normalized spacial score (nSPS) is 17.2. The van der Waals surface area contributed by atoms with Gasteiger partial charge in [0.2, 0.25) is 0 Å². The van der Waals surface area contributed by atoms with E-state index in [1.54, 1.807) is 11.1 Å². The quantitative estimate of drug-likeness (QED) is 0.320. The van der Waals surface area contributed by atoms with Crippen LogP contribution in [0.15, 0.2) is 48.9 Å². The lowest BCUT2D eigenvalue weighted by Crippen LogP contribution is -2.65. The fourth-order valence-corrected chi connectivity index (χ4v) is 6.72. The van der Waals surface area contributed by atoms with Crippen LogP contribution in [0.4, 0.5) is 10.2 Å². The van der Waals surface area contributed by atoms with Crippen molar-refractivity contribution >= 4 is 17.7 Å². The molecule has 2 aromatic carbocycles. The maximum absolute atomic E-state index is 14.2. The number of hydrogen-bond donors (Lipinski definition) is 1. The molecule has 2 fully saturated rings. The van der Waals surface area contributed by atoms with Crippen LogP contribution in [0.2, 0.25) is 0 Å². The van der Waals surface area contributed by atoms with Gasteiger partial charge >= 0.3 is 5.97 Å². The van der Waals surface area contributed by atoms with E-state index in [0.29, 0.717) is 31.2 Å². The van der Waals surface area contributed by atoms with E-state index in [-0.39, 0.29) is 41.2 Å². The van der Waals surface area contributed by atoms with Crippen LogP contribution in [0.5, 0.6) is 17.2 Å². The summed E-state index contributed by atoms with van der Waals surface area (Å²) < 4.78 is 26.9. The Morgan fingerprint density at radius 3 is 2.66 bits per heavy atom. The maximum atomic E-state index is 14.2. The molecule has 1 N–H and O–H groups in total. The number of carboxylic acids is 1. The summed E-state index contributed by atoms with van der Waals surface area (Å²) in [7, 11) is 0. The fraction of sp³-hybridized carbons (Fsp3) is 0.455. The molecule has 0 radical (unpaired) electrons. The van der Waals surface area contributed by atoms with Crippen LogP contribution in [0.25, 0.3) is 0 Å². The van der Waals surface area contributed by atoms with Gasteiger partial charge in [-0.05, 0) is 63.4 Å². The first-order chi connectivity index (χ1) is 21.1. The Morgan fingerprint density at radius 2 is 1.93 bits per heavy atom. The number of benzene rings is 2. The number of nitrogens with zero attached hydrogens (tertiary/aromatic N) is 5. The van der Waals surface area contributed by atoms with Crippen molar-refractivity contribution in [3.8, 4) is 17.2 Å². The molecule has 3 heterocycles. The number of ether oxygens (including phenoxy) is 2. The maximum Gasteiger partial charge on any atom is 0.304 e. The molecule has 0 unspecified atom stereocenters. The molecule has 2 aliphatic heterocycles. The molecule has 3 aliphatic rings. The lowest BCUT2D eigenvalue weighted by Gasteiger charge is -2.59. The van der Waals surface area contributed by atoms with Gasteiger partial charge < -0.3 is 24.4 Å². The Balaban J connectivity index is 1.09. The first-order valence-corrected chi connectivity index (χ1v) is 15.2. The zero-order valence-electron chi connectivity index (χ0n) is 25.3. The van der Waals surface area contributed by atoms with E-state index in [2.05, 4.69) is 25.8 Å². The van der Waals surface area contributed by atoms with Gasteiger partial charge in [0.25, 0.3) is 5.91 Å². The van der Waals surface area contributed by atoms with Gasteiger partial charge in [-0.25, -0.2) is 14.4 Å². The number of anilines is 1. The Morgan fingerprint density at radius 1 is 1.14 bits per heavy atom. The number of fused-ring (bicyclic) bond motifs is 1. The second-order valence-electron chi connectivity index (χ2n) is 12.4. The number of amides is 1. The van der Waals surface area contributed by atoms with E-state index in [9.17, 15) is 14.0 Å². The second-order valence-corrected chi connectivity index (χ2v) is 12.4. The molecule has 10 nitrogen and oxygen atoms in total. The van der Waals surface area contributed by atoms with Crippen LogP contribution < -0.4 is 14.4 Å². The average molecular weight is 604 g/mol. The summed E-state index contributed by atoms with van der Waals surface area (Å²) in [5.41, 5.74) is 2.65. The summed E-state index contributed by atoms with van der Waals surface area (Å²) in [5, 5.41) is 9.04. The summed E-state index contributed by atoms with van der Waals surface area (Å²) in [4.78, 5) is 38.9. The van der Waals surface area contributed by atoms with E-state index in [4.69, 9.17) is 14.6 Å². The molecule has 3 aromatic rings. The number of carboxylic acid groups (broad SMARTS) is 1. The Labute approximate surface area is 256 Å². The molecule has 0 bridgehead atoms. The van der Waals surface area contributed by atoms with Crippen molar-refractivity contribution in [1.82, 2.24) is 19.8 Å². The summed E-state index contributed by atoms with van der Waals surface area (Å²) >= 11 is 0. The third kappa shape index (κ3) is 5.93. The van der Waals surface area contributed by atoms with Crippen molar-refractivity contribution in [2.45, 2.75) is 65.3 Å². The van der Waals surface area contributed by atoms with Gasteiger partial charge in [0.15, 0.2) is 11.6 Å². The van der Waals surface area contributed by atoms with Gasteiger partial charge in [-0.1, -0.05) is 12.1 Å². The zero-order valence-corrected chi connectivity index (χ0v) is 25.3. The predicted octanol–water partition coefficient (Wildman–Crippen LogP) is 5.12. The number of aromatic nitrogens is 2. The van der Waals surface area contributed by atoms with E-state index >= 15 is 0 Å². The smallest absolute Gasteiger partial charge is 0.304 e. The van der Waals surface area contributed by atoms with Gasteiger partial charge in [0.05, 0.1) is 18.2 Å². The van der Waals surface area contributed by atoms with Crippen LogP contribution in [-0.2, 0) is 17.9 Å². The molecule has 232 valence electrons. The highest BCUT2D eigenvalue weighted by Gasteiger charge is 2.54. The van der Waals surface area contributed by atoms with Crippen LogP contribution in [-0.4, -0.2) is 75.1 Å². The van der Waals surface area contributed by atoms with E-state index in [1.165, 1.54) is 30.1 Å². The first-order valence-electron chi connectivity index (χ1n) is 15.2. The standard InChI is InChI=1S/C33H38FN5O5/c1-4-39(21(2)3)32(42)25-12-23(34)8-9-28(25)44-29-15-35-20-36-31(29)38-18-33(19-38)13-24(14-33)43-27-7-5-6-22-16-37(17-26(22)27)11-10-30(40)41/h5-9,12,15,20-21,24H,4,10-11,13-14,16-19H2,1-3H3,(H,40,41). The van der Waals surface area contributed by atoms with Crippen molar-refractivity contribution in [3.05, 3.63) is 71.4 Å². The molecule has 44 heavy (non-hydrogen) atoms. The Bertz CT molecular complexity index is 1550. The van der Waals surface area contributed by atoms with Gasteiger partial charge in [-0.2, -0.15) is 0 Å². The second kappa shape index (κ2) is 12.0. The minimum Gasteiger partial charge on any atom is -0.490 e. The number of aliphatic carboxylic acids is 1. The topological polar surface area (TPSA) is 108 Å². The number of halogens is 1. The van der Waals surface area contributed by atoms with Crippen LogP contribution in [0.3, 0.4) is 0 Å². The molecule has 1 aliphatic carbocycles. The summed E-state index contributed by atoms with van der Waals surface area (Å²) in [6.07, 6.45) is 5.15. The molecule has 11 heteroatoms. The largest absolute Gasteiger partial charge is 0.490 e. The van der Waals surface area contributed by atoms with Crippen LogP contribution in [0, 0.1) is 11.2 Å². The van der Waals surface area contributed by atoms with Gasteiger partial charge in [0, 0.05) is 56.3 Å². The predicted molar refractivity (Wildman–Crippen MR) is 161 cm³/mol.